The van der Waals surface area contributed by atoms with E-state index >= 15 is 0 Å². The Kier molecular flexibility index (Phi) is 3.25. The van der Waals surface area contributed by atoms with Gasteiger partial charge in [-0.05, 0) is 37.2 Å². The number of rotatable bonds is 1. The molecule has 0 aliphatic rings. The standard InChI is InChI=1S/C10H13NOS/c1-7-5-4-6-8(2)9(7)12-10(13)11-3/h4-6H,1-3H3,(H,11,13). The molecule has 0 heterocycles. The molecule has 0 saturated carbocycles. The van der Waals surface area contributed by atoms with Gasteiger partial charge in [-0.15, -0.1) is 0 Å². The molecule has 0 amide bonds. The lowest BCUT2D eigenvalue weighted by Crippen LogP contribution is -2.22. The minimum Gasteiger partial charge on any atom is -0.431 e. The summed E-state index contributed by atoms with van der Waals surface area (Å²) in [7, 11) is 1.75. The first-order valence-electron chi connectivity index (χ1n) is 4.11. The Morgan fingerprint density at radius 3 is 2.31 bits per heavy atom. The highest BCUT2D eigenvalue weighted by molar-refractivity contribution is 7.80. The molecular weight excluding hydrogens is 182 g/mol. The first kappa shape index (κ1) is 9.99. The summed E-state index contributed by atoms with van der Waals surface area (Å²) in [4.78, 5) is 0. The second-order valence-corrected chi connectivity index (χ2v) is 3.23. The second-order valence-electron chi connectivity index (χ2n) is 2.86. The Bertz CT molecular complexity index is 302. The lowest BCUT2D eigenvalue weighted by Gasteiger charge is -2.11. The average molecular weight is 195 g/mol. The van der Waals surface area contributed by atoms with Crippen LogP contribution >= 0.6 is 12.2 Å². The van der Waals surface area contributed by atoms with Gasteiger partial charge in [0, 0.05) is 7.05 Å². The van der Waals surface area contributed by atoms with Crippen LogP contribution in [-0.2, 0) is 0 Å². The minimum atomic E-state index is 0.400. The van der Waals surface area contributed by atoms with Gasteiger partial charge in [0.1, 0.15) is 5.75 Å². The van der Waals surface area contributed by atoms with Gasteiger partial charge in [0.25, 0.3) is 5.17 Å². The maximum Gasteiger partial charge on any atom is 0.261 e. The van der Waals surface area contributed by atoms with Crippen molar-refractivity contribution in [2.75, 3.05) is 7.05 Å². The van der Waals surface area contributed by atoms with Crippen LogP contribution < -0.4 is 10.1 Å². The molecule has 0 saturated heterocycles. The normalized spacial score (nSPS) is 9.46. The second kappa shape index (κ2) is 4.23. The summed E-state index contributed by atoms with van der Waals surface area (Å²) < 4.78 is 5.45. The number of para-hydroxylation sites is 1. The third-order valence-corrected chi connectivity index (χ3v) is 2.10. The lowest BCUT2D eigenvalue weighted by molar-refractivity contribution is 0.533. The molecule has 1 aromatic carbocycles. The van der Waals surface area contributed by atoms with E-state index in [1.54, 1.807) is 7.05 Å². The van der Waals surface area contributed by atoms with Gasteiger partial charge in [0.15, 0.2) is 0 Å². The number of benzene rings is 1. The number of aryl methyl sites for hydroxylation is 2. The van der Waals surface area contributed by atoms with Gasteiger partial charge in [0.2, 0.25) is 0 Å². The van der Waals surface area contributed by atoms with Crippen molar-refractivity contribution >= 4 is 17.4 Å². The summed E-state index contributed by atoms with van der Waals surface area (Å²) >= 11 is 4.92. The zero-order valence-corrected chi connectivity index (χ0v) is 8.87. The van der Waals surface area contributed by atoms with Crippen LogP contribution in [0.15, 0.2) is 18.2 Å². The van der Waals surface area contributed by atoms with Crippen LogP contribution in [-0.4, -0.2) is 12.2 Å². The van der Waals surface area contributed by atoms with Crippen molar-refractivity contribution in [2.45, 2.75) is 13.8 Å². The molecular formula is C10H13NOS. The SMILES string of the molecule is CNC(=S)Oc1c(C)cccc1C. The number of nitrogens with one attached hydrogen (secondary N) is 1. The molecule has 0 radical (unpaired) electrons. The number of hydrogen-bond acceptors (Lipinski definition) is 2. The molecule has 0 bridgehead atoms. The van der Waals surface area contributed by atoms with Gasteiger partial charge in [-0.25, -0.2) is 0 Å². The number of ether oxygens (including phenoxy) is 1. The number of hydrogen-bond donors (Lipinski definition) is 1. The highest BCUT2D eigenvalue weighted by atomic mass is 32.1. The molecule has 0 aromatic heterocycles. The molecule has 2 nitrogen and oxygen atoms in total. The van der Waals surface area contributed by atoms with Crippen molar-refractivity contribution in [1.29, 1.82) is 0 Å². The predicted molar refractivity (Wildman–Crippen MR) is 58.2 cm³/mol. The molecule has 0 fully saturated rings. The first-order chi connectivity index (χ1) is 6.15. The predicted octanol–water partition coefficient (Wildman–Crippen LogP) is 2.19. The largest absolute Gasteiger partial charge is 0.431 e. The van der Waals surface area contributed by atoms with E-state index in [-0.39, 0.29) is 0 Å². The summed E-state index contributed by atoms with van der Waals surface area (Å²) in [6.07, 6.45) is 0. The smallest absolute Gasteiger partial charge is 0.261 e. The molecule has 0 unspecified atom stereocenters. The summed E-state index contributed by atoms with van der Waals surface area (Å²) in [5.41, 5.74) is 2.19. The Morgan fingerprint density at radius 1 is 1.31 bits per heavy atom. The molecule has 1 rings (SSSR count). The quantitative estimate of drug-likeness (QED) is 0.694. The monoisotopic (exact) mass is 195 g/mol. The van der Waals surface area contributed by atoms with E-state index in [2.05, 4.69) is 5.32 Å². The highest BCUT2D eigenvalue weighted by Crippen LogP contribution is 2.22. The van der Waals surface area contributed by atoms with Crippen molar-refractivity contribution in [2.24, 2.45) is 0 Å². The zero-order chi connectivity index (χ0) is 9.84. The maximum atomic E-state index is 5.45. The van der Waals surface area contributed by atoms with Crippen LogP contribution in [0, 0.1) is 13.8 Å². The topological polar surface area (TPSA) is 21.3 Å². The molecule has 1 N–H and O–H groups in total. The molecule has 70 valence electrons. The summed E-state index contributed by atoms with van der Waals surface area (Å²) in [5.74, 6) is 0.849. The van der Waals surface area contributed by atoms with E-state index in [9.17, 15) is 0 Å². The molecule has 13 heavy (non-hydrogen) atoms. The Labute approximate surface area is 83.9 Å². The van der Waals surface area contributed by atoms with Crippen molar-refractivity contribution < 1.29 is 4.74 Å². The Hall–Kier alpha value is -1.09. The number of thiocarbonyl (C=S) groups is 1. The van der Waals surface area contributed by atoms with E-state index in [0.29, 0.717) is 5.17 Å². The van der Waals surface area contributed by atoms with Gasteiger partial charge in [-0.3, -0.25) is 0 Å². The first-order valence-corrected chi connectivity index (χ1v) is 4.51. The minimum absolute atomic E-state index is 0.400. The summed E-state index contributed by atoms with van der Waals surface area (Å²) in [5, 5.41) is 3.18. The lowest BCUT2D eigenvalue weighted by atomic mass is 10.1. The van der Waals surface area contributed by atoms with Gasteiger partial charge in [-0.1, -0.05) is 18.2 Å². The van der Waals surface area contributed by atoms with Crippen LogP contribution in [0.1, 0.15) is 11.1 Å². The fourth-order valence-electron chi connectivity index (χ4n) is 1.10. The molecule has 0 spiro atoms. The van der Waals surface area contributed by atoms with Crippen molar-refractivity contribution in [1.82, 2.24) is 5.32 Å². The van der Waals surface area contributed by atoms with Crippen molar-refractivity contribution in [3.8, 4) is 5.75 Å². The van der Waals surface area contributed by atoms with Crippen LogP contribution in [0.4, 0.5) is 0 Å². The van der Waals surface area contributed by atoms with Gasteiger partial charge in [0.05, 0.1) is 0 Å². The van der Waals surface area contributed by atoms with Gasteiger partial charge < -0.3 is 10.1 Å². The van der Waals surface area contributed by atoms with Crippen LogP contribution in [0.5, 0.6) is 5.75 Å². The van der Waals surface area contributed by atoms with Crippen molar-refractivity contribution in [3.63, 3.8) is 0 Å². The zero-order valence-electron chi connectivity index (χ0n) is 8.05. The van der Waals surface area contributed by atoms with Crippen LogP contribution in [0.25, 0.3) is 0 Å². The van der Waals surface area contributed by atoms with Gasteiger partial charge in [-0.2, -0.15) is 0 Å². The van der Waals surface area contributed by atoms with Crippen molar-refractivity contribution in [3.05, 3.63) is 29.3 Å². The molecule has 0 atom stereocenters. The van der Waals surface area contributed by atoms with E-state index in [4.69, 9.17) is 17.0 Å². The molecule has 0 aliphatic carbocycles. The Morgan fingerprint density at radius 2 is 1.85 bits per heavy atom. The summed E-state index contributed by atoms with van der Waals surface area (Å²) in [6, 6.07) is 6.00. The highest BCUT2D eigenvalue weighted by Gasteiger charge is 2.04. The fourth-order valence-corrected chi connectivity index (χ4v) is 1.19. The fraction of sp³-hybridized carbons (Fsp3) is 0.300. The molecule has 3 heteroatoms. The van der Waals surface area contributed by atoms with E-state index in [1.807, 2.05) is 32.0 Å². The summed E-state index contributed by atoms with van der Waals surface area (Å²) in [6.45, 7) is 4.00. The van der Waals surface area contributed by atoms with E-state index in [0.717, 1.165) is 16.9 Å². The average Bonchev–Trinajstić information content (AvgIpc) is 2.11. The third kappa shape index (κ3) is 2.42. The van der Waals surface area contributed by atoms with Crippen LogP contribution in [0.2, 0.25) is 0 Å². The van der Waals surface area contributed by atoms with Crippen LogP contribution in [0.3, 0.4) is 0 Å². The third-order valence-electron chi connectivity index (χ3n) is 1.81. The molecule has 0 aliphatic heterocycles. The van der Waals surface area contributed by atoms with Gasteiger partial charge >= 0.3 is 0 Å². The molecule has 1 aromatic rings. The Balaban J connectivity index is 2.93. The van der Waals surface area contributed by atoms with E-state index < -0.39 is 0 Å². The van der Waals surface area contributed by atoms with E-state index in [1.165, 1.54) is 0 Å². The maximum absolute atomic E-state index is 5.45.